The van der Waals surface area contributed by atoms with E-state index in [2.05, 4.69) is 44.5 Å². The molecule has 0 radical (unpaired) electrons. The van der Waals surface area contributed by atoms with Gasteiger partial charge in [-0.1, -0.05) is 24.3 Å². The first kappa shape index (κ1) is 13.0. The Balaban J connectivity index is 1.74. The van der Waals surface area contributed by atoms with Gasteiger partial charge in [-0.15, -0.1) is 0 Å². The van der Waals surface area contributed by atoms with Crippen LogP contribution in [0.3, 0.4) is 0 Å². The van der Waals surface area contributed by atoms with E-state index in [1.165, 1.54) is 17.5 Å². The van der Waals surface area contributed by atoms with Crippen LogP contribution in [0.15, 0.2) is 42.9 Å². The Hall–Kier alpha value is -2.69. The summed E-state index contributed by atoms with van der Waals surface area (Å²) in [5.74, 6) is 1.30. The van der Waals surface area contributed by atoms with E-state index in [4.69, 9.17) is 5.73 Å². The number of aromatic nitrogens is 3. The van der Waals surface area contributed by atoms with Gasteiger partial charge in [-0.2, -0.15) is 0 Å². The fourth-order valence-corrected chi connectivity index (χ4v) is 3.16. The number of hydrogen-bond donors (Lipinski definition) is 2. The minimum atomic E-state index is 0.275. The van der Waals surface area contributed by atoms with Gasteiger partial charge in [-0.05, 0) is 36.5 Å². The molecule has 22 heavy (non-hydrogen) atoms. The summed E-state index contributed by atoms with van der Waals surface area (Å²) in [6.45, 7) is 0. The molecule has 5 nitrogen and oxygen atoms in total. The summed E-state index contributed by atoms with van der Waals surface area (Å²) in [7, 11) is 0. The second kappa shape index (κ2) is 5.26. The molecule has 0 saturated carbocycles. The van der Waals surface area contributed by atoms with Crippen molar-refractivity contribution in [2.75, 3.05) is 11.1 Å². The van der Waals surface area contributed by atoms with Crippen LogP contribution < -0.4 is 11.1 Å². The Bertz CT molecular complexity index is 830. The Morgan fingerprint density at radius 3 is 3.00 bits per heavy atom. The summed E-state index contributed by atoms with van der Waals surface area (Å²) in [4.78, 5) is 12.8. The average molecular weight is 291 g/mol. The van der Waals surface area contributed by atoms with Crippen molar-refractivity contribution in [1.82, 2.24) is 15.0 Å². The minimum Gasteiger partial charge on any atom is -0.384 e. The lowest BCUT2D eigenvalue weighted by atomic mass is 9.88. The van der Waals surface area contributed by atoms with Gasteiger partial charge in [0.15, 0.2) is 0 Å². The highest BCUT2D eigenvalue weighted by molar-refractivity contribution is 5.90. The number of rotatable bonds is 2. The smallest absolute Gasteiger partial charge is 0.137 e. The molecule has 1 unspecified atom stereocenters. The zero-order valence-corrected chi connectivity index (χ0v) is 12.2. The number of nitrogens with two attached hydrogens (primary N) is 1. The van der Waals surface area contributed by atoms with Gasteiger partial charge in [0, 0.05) is 5.39 Å². The van der Waals surface area contributed by atoms with Gasteiger partial charge in [0.1, 0.15) is 18.0 Å². The maximum absolute atomic E-state index is 5.81. The van der Waals surface area contributed by atoms with Crippen LogP contribution in [0, 0.1) is 0 Å². The molecule has 0 saturated heterocycles. The van der Waals surface area contributed by atoms with Crippen molar-refractivity contribution < 1.29 is 0 Å². The van der Waals surface area contributed by atoms with Crippen molar-refractivity contribution in [2.45, 2.75) is 25.3 Å². The number of nitrogens with zero attached hydrogens (tertiary/aromatic N) is 3. The van der Waals surface area contributed by atoms with Gasteiger partial charge in [0.25, 0.3) is 0 Å². The molecule has 2 heterocycles. The fraction of sp³-hybridized carbons (Fsp3) is 0.235. The molecular formula is C17H17N5. The molecule has 110 valence electrons. The standard InChI is InChI=1S/C17H17N5/c18-16-8-13-15(9-19-16)20-10-21-17(13)22-14-7-3-5-11-4-1-2-6-12(11)14/h1-2,4,6,8-10,14H,3,5,7H2,(H2,18,19)(H,20,21,22). The Morgan fingerprint density at radius 1 is 1.14 bits per heavy atom. The van der Waals surface area contributed by atoms with Crippen LogP contribution in [-0.2, 0) is 6.42 Å². The normalized spacial score (nSPS) is 17.2. The average Bonchev–Trinajstić information content (AvgIpc) is 2.56. The first-order chi connectivity index (χ1) is 10.8. The van der Waals surface area contributed by atoms with Gasteiger partial charge in [0.2, 0.25) is 0 Å². The van der Waals surface area contributed by atoms with Gasteiger partial charge in [0.05, 0.1) is 17.8 Å². The first-order valence-corrected chi connectivity index (χ1v) is 7.52. The van der Waals surface area contributed by atoms with E-state index in [-0.39, 0.29) is 6.04 Å². The summed E-state index contributed by atoms with van der Waals surface area (Å²) in [5.41, 5.74) is 9.40. The van der Waals surface area contributed by atoms with Gasteiger partial charge in [-0.3, -0.25) is 0 Å². The lowest BCUT2D eigenvalue weighted by Crippen LogP contribution is -2.18. The predicted molar refractivity (Wildman–Crippen MR) is 87.5 cm³/mol. The van der Waals surface area contributed by atoms with Crippen LogP contribution in [-0.4, -0.2) is 15.0 Å². The van der Waals surface area contributed by atoms with E-state index in [9.17, 15) is 0 Å². The maximum atomic E-state index is 5.81. The highest BCUT2D eigenvalue weighted by atomic mass is 15.0. The minimum absolute atomic E-state index is 0.275. The second-order valence-corrected chi connectivity index (χ2v) is 5.64. The summed E-state index contributed by atoms with van der Waals surface area (Å²) in [6.07, 6.45) is 6.68. The Kier molecular flexibility index (Phi) is 3.11. The van der Waals surface area contributed by atoms with E-state index in [0.717, 1.165) is 29.6 Å². The highest BCUT2D eigenvalue weighted by Crippen LogP contribution is 2.33. The molecule has 1 aliphatic rings. The third-order valence-electron chi connectivity index (χ3n) is 4.22. The molecule has 4 rings (SSSR count). The predicted octanol–water partition coefficient (Wildman–Crippen LogP) is 3.10. The van der Waals surface area contributed by atoms with Crippen molar-refractivity contribution in [2.24, 2.45) is 0 Å². The van der Waals surface area contributed by atoms with Crippen molar-refractivity contribution in [3.05, 3.63) is 54.0 Å². The third kappa shape index (κ3) is 2.24. The zero-order valence-electron chi connectivity index (χ0n) is 12.2. The van der Waals surface area contributed by atoms with E-state index < -0.39 is 0 Å². The molecule has 0 spiro atoms. The van der Waals surface area contributed by atoms with Crippen LogP contribution >= 0.6 is 0 Å². The summed E-state index contributed by atoms with van der Waals surface area (Å²) < 4.78 is 0. The molecule has 5 heteroatoms. The Morgan fingerprint density at radius 2 is 2.05 bits per heavy atom. The molecule has 3 aromatic rings. The van der Waals surface area contributed by atoms with E-state index in [1.807, 2.05) is 6.07 Å². The number of nitrogen functional groups attached to an aromatic ring is 1. The summed E-state index contributed by atoms with van der Waals surface area (Å²) in [5, 5.41) is 4.49. The SMILES string of the molecule is Nc1cc2c(NC3CCCc4ccccc43)ncnc2cn1. The van der Waals surface area contributed by atoms with Gasteiger partial charge >= 0.3 is 0 Å². The zero-order chi connectivity index (χ0) is 14.9. The maximum Gasteiger partial charge on any atom is 0.137 e. The molecule has 3 N–H and O–H groups in total. The monoisotopic (exact) mass is 291 g/mol. The van der Waals surface area contributed by atoms with Crippen LogP contribution in [0.1, 0.15) is 30.0 Å². The second-order valence-electron chi connectivity index (χ2n) is 5.64. The molecule has 1 aliphatic carbocycles. The Labute approximate surface area is 128 Å². The van der Waals surface area contributed by atoms with Crippen LogP contribution in [0.2, 0.25) is 0 Å². The van der Waals surface area contributed by atoms with Gasteiger partial charge in [-0.25, -0.2) is 15.0 Å². The third-order valence-corrected chi connectivity index (χ3v) is 4.22. The quantitative estimate of drug-likeness (QED) is 0.758. The van der Waals surface area contributed by atoms with Crippen molar-refractivity contribution in [3.8, 4) is 0 Å². The number of hydrogen-bond acceptors (Lipinski definition) is 5. The number of aryl methyl sites for hydroxylation is 1. The molecule has 1 atom stereocenters. The molecule has 0 amide bonds. The number of benzene rings is 1. The highest BCUT2D eigenvalue weighted by Gasteiger charge is 2.20. The van der Waals surface area contributed by atoms with E-state index >= 15 is 0 Å². The molecule has 0 fully saturated rings. The van der Waals surface area contributed by atoms with Crippen molar-refractivity contribution >= 4 is 22.5 Å². The lowest BCUT2D eigenvalue weighted by molar-refractivity contribution is 0.599. The van der Waals surface area contributed by atoms with Crippen LogP contribution in [0.4, 0.5) is 11.6 Å². The lowest BCUT2D eigenvalue weighted by Gasteiger charge is -2.27. The molecule has 0 aliphatic heterocycles. The number of pyridine rings is 1. The molecular weight excluding hydrogens is 274 g/mol. The molecule has 2 aromatic heterocycles. The molecule has 1 aromatic carbocycles. The first-order valence-electron chi connectivity index (χ1n) is 7.52. The van der Waals surface area contributed by atoms with Crippen LogP contribution in [0.25, 0.3) is 10.9 Å². The summed E-state index contributed by atoms with van der Waals surface area (Å²) in [6, 6.07) is 10.7. The van der Waals surface area contributed by atoms with E-state index in [0.29, 0.717) is 5.82 Å². The topological polar surface area (TPSA) is 76.7 Å². The largest absolute Gasteiger partial charge is 0.384 e. The number of nitrogens with one attached hydrogen (secondary N) is 1. The number of anilines is 2. The van der Waals surface area contributed by atoms with Gasteiger partial charge < -0.3 is 11.1 Å². The van der Waals surface area contributed by atoms with Crippen molar-refractivity contribution in [3.63, 3.8) is 0 Å². The van der Waals surface area contributed by atoms with Crippen LogP contribution in [0.5, 0.6) is 0 Å². The van der Waals surface area contributed by atoms with Crippen molar-refractivity contribution in [1.29, 1.82) is 0 Å². The fourth-order valence-electron chi connectivity index (χ4n) is 3.16. The van der Waals surface area contributed by atoms with E-state index in [1.54, 1.807) is 12.5 Å². The number of fused-ring (bicyclic) bond motifs is 2. The summed E-state index contributed by atoms with van der Waals surface area (Å²) >= 11 is 0. The molecule has 0 bridgehead atoms.